The van der Waals surface area contributed by atoms with Gasteiger partial charge in [-0.25, -0.2) is 0 Å². The van der Waals surface area contributed by atoms with E-state index >= 15 is 0 Å². The molecule has 0 saturated carbocycles. The van der Waals surface area contributed by atoms with Crippen LogP contribution in [0.3, 0.4) is 0 Å². The highest BCUT2D eigenvalue weighted by Gasteiger charge is 2.15. The summed E-state index contributed by atoms with van der Waals surface area (Å²) in [6.45, 7) is 7.27. The van der Waals surface area contributed by atoms with E-state index in [0.29, 0.717) is 5.25 Å². The fourth-order valence-electron chi connectivity index (χ4n) is 2.46. The molecule has 1 atom stereocenters. The van der Waals surface area contributed by atoms with Gasteiger partial charge in [0.25, 0.3) is 5.91 Å². The summed E-state index contributed by atoms with van der Waals surface area (Å²) in [6, 6.07) is 7.86. The SMILES string of the molecule is CC(C)Sc1ccccc1C(=O)NCCC1CCNC1.Cl. The highest BCUT2D eigenvalue weighted by atomic mass is 35.5. The van der Waals surface area contributed by atoms with E-state index in [-0.39, 0.29) is 18.3 Å². The Morgan fingerprint density at radius 1 is 1.43 bits per heavy atom. The quantitative estimate of drug-likeness (QED) is 0.787. The van der Waals surface area contributed by atoms with Crippen molar-refractivity contribution in [3.05, 3.63) is 29.8 Å². The summed E-state index contributed by atoms with van der Waals surface area (Å²) < 4.78 is 0. The molecule has 1 unspecified atom stereocenters. The lowest BCUT2D eigenvalue weighted by Crippen LogP contribution is -2.27. The van der Waals surface area contributed by atoms with Crippen LogP contribution in [0.25, 0.3) is 0 Å². The van der Waals surface area contributed by atoms with Crippen molar-refractivity contribution in [2.75, 3.05) is 19.6 Å². The van der Waals surface area contributed by atoms with Crippen LogP contribution in [0.5, 0.6) is 0 Å². The summed E-state index contributed by atoms with van der Waals surface area (Å²) in [5, 5.41) is 6.90. The number of thioether (sulfide) groups is 1. The highest BCUT2D eigenvalue weighted by molar-refractivity contribution is 8.00. The predicted molar refractivity (Wildman–Crippen MR) is 92.6 cm³/mol. The molecule has 118 valence electrons. The third kappa shape index (κ3) is 5.89. The van der Waals surface area contributed by atoms with Gasteiger partial charge in [-0.15, -0.1) is 24.2 Å². The van der Waals surface area contributed by atoms with Crippen molar-refractivity contribution in [1.82, 2.24) is 10.6 Å². The number of carbonyl (C=O) groups excluding carboxylic acids is 1. The molecule has 0 aliphatic carbocycles. The second-order valence-corrected chi connectivity index (χ2v) is 7.18. The minimum atomic E-state index is 0. The number of rotatable bonds is 6. The molecule has 1 aromatic carbocycles. The number of halogens is 1. The molecule has 2 N–H and O–H groups in total. The Balaban J connectivity index is 0.00000220. The molecule has 1 amide bonds. The molecule has 0 radical (unpaired) electrons. The van der Waals surface area contributed by atoms with Crippen LogP contribution in [-0.2, 0) is 0 Å². The second-order valence-electron chi connectivity index (χ2n) is 5.57. The average Bonchev–Trinajstić information content (AvgIpc) is 2.91. The van der Waals surface area contributed by atoms with Crippen LogP contribution in [0, 0.1) is 5.92 Å². The van der Waals surface area contributed by atoms with Crippen molar-refractivity contribution in [2.45, 2.75) is 36.8 Å². The number of amides is 1. The Kier molecular flexibility index (Phi) is 8.15. The van der Waals surface area contributed by atoms with E-state index in [0.717, 1.165) is 42.4 Å². The summed E-state index contributed by atoms with van der Waals surface area (Å²) in [5.41, 5.74) is 0.802. The summed E-state index contributed by atoms with van der Waals surface area (Å²) in [7, 11) is 0. The van der Waals surface area contributed by atoms with Gasteiger partial charge in [-0.1, -0.05) is 26.0 Å². The number of hydrogen-bond acceptors (Lipinski definition) is 3. The zero-order valence-electron chi connectivity index (χ0n) is 12.7. The Morgan fingerprint density at radius 2 is 2.19 bits per heavy atom. The number of hydrogen-bond donors (Lipinski definition) is 2. The highest BCUT2D eigenvalue weighted by Crippen LogP contribution is 2.26. The van der Waals surface area contributed by atoms with Gasteiger partial charge in [0.2, 0.25) is 0 Å². The maximum Gasteiger partial charge on any atom is 0.252 e. The molecule has 0 bridgehead atoms. The first-order chi connectivity index (χ1) is 9.66. The van der Waals surface area contributed by atoms with E-state index in [2.05, 4.69) is 24.5 Å². The molecular weight excluding hydrogens is 304 g/mol. The molecule has 1 aliphatic heterocycles. The van der Waals surface area contributed by atoms with Crippen molar-refractivity contribution in [3.63, 3.8) is 0 Å². The minimum absolute atomic E-state index is 0. The Morgan fingerprint density at radius 3 is 2.86 bits per heavy atom. The van der Waals surface area contributed by atoms with Gasteiger partial charge in [-0.05, 0) is 44.0 Å². The fourth-order valence-corrected chi connectivity index (χ4v) is 3.41. The van der Waals surface area contributed by atoms with Gasteiger partial charge >= 0.3 is 0 Å². The molecule has 3 nitrogen and oxygen atoms in total. The second kappa shape index (κ2) is 9.34. The van der Waals surface area contributed by atoms with Crippen LogP contribution in [0.15, 0.2) is 29.2 Å². The molecule has 1 fully saturated rings. The van der Waals surface area contributed by atoms with E-state index in [1.807, 2.05) is 24.3 Å². The van der Waals surface area contributed by atoms with Crippen molar-refractivity contribution in [3.8, 4) is 0 Å². The number of benzene rings is 1. The first kappa shape index (κ1) is 18.3. The predicted octanol–water partition coefficient (Wildman–Crippen LogP) is 3.34. The lowest BCUT2D eigenvalue weighted by atomic mass is 10.1. The molecule has 21 heavy (non-hydrogen) atoms. The molecule has 5 heteroatoms. The third-order valence-corrected chi connectivity index (χ3v) is 4.58. The van der Waals surface area contributed by atoms with Gasteiger partial charge in [0.1, 0.15) is 0 Å². The minimum Gasteiger partial charge on any atom is -0.352 e. The number of carbonyl (C=O) groups is 1. The molecule has 2 rings (SSSR count). The molecule has 1 aromatic rings. The summed E-state index contributed by atoms with van der Waals surface area (Å²) in [4.78, 5) is 13.4. The fraction of sp³-hybridized carbons (Fsp3) is 0.562. The molecule has 0 aromatic heterocycles. The lowest BCUT2D eigenvalue weighted by molar-refractivity contribution is 0.0948. The average molecular weight is 329 g/mol. The van der Waals surface area contributed by atoms with Crippen LogP contribution < -0.4 is 10.6 Å². The summed E-state index contributed by atoms with van der Waals surface area (Å²) >= 11 is 1.74. The first-order valence-electron chi connectivity index (χ1n) is 7.41. The molecule has 1 heterocycles. The zero-order valence-corrected chi connectivity index (χ0v) is 14.4. The van der Waals surface area contributed by atoms with Crippen LogP contribution in [0.2, 0.25) is 0 Å². The monoisotopic (exact) mass is 328 g/mol. The smallest absolute Gasteiger partial charge is 0.252 e. The van der Waals surface area contributed by atoms with Crippen molar-refractivity contribution in [2.24, 2.45) is 5.92 Å². The van der Waals surface area contributed by atoms with E-state index in [4.69, 9.17) is 0 Å². The molecule has 1 saturated heterocycles. The van der Waals surface area contributed by atoms with Crippen molar-refractivity contribution in [1.29, 1.82) is 0 Å². The standard InChI is InChI=1S/C16H24N2OS.ClH/c1-12(2)20-15-6-4-3-5-14(15)16(19)18-10-8-13-7-9-17-11-13;/h3-6,12-13,17H,7-11H2,1-2H3,(H,18,19);1H. The Bertz CT molecular complexity index is 448. The van der Waals surface area contributed by atoms with E-state index in [1.165, 1.54) is 6.42 Å². The zero-order chi connectivity index (χ0) is 14.4. The van der Waals surface area contributed by atoms with Crippen LogP contribution in [0.4, 0.5) is 0 Å². The van der Waals surface area contributed by atoms with Crippen molar-refractivity contribution >= 4 is 30.1 Å². The van der Waals surface area contributed by atoms with E-state index in [9.17, 15) is 4.79 Å². The van der Waals surface area contributed by atoms with Gasteiger partial charge in [-0.3, -0.25) is 4.79 Å². The van der Waals surface area contributed by atoms with Crippen LogP contribution >= 0.6 is 24.2 Å². The van der Waals surface area contributed by atoms with Gasteiger partial charge in [0.05, 0.1) is 5.56 Å². The van der Waals surface area contributed by atoms with Gasteiger partial charge in [0, 0.05) is 16.7 Å². The molecular formula is C16H25ClN2OS. The third-order valence-electron chi connectivity index (χ3n) is 3.49. The van der Waals surface area contributed by atoms with Crippen molar-refractivity contribution < 1.29 is 4.79 Å². The maximum absolute atomic E-state index is 12.3. The largest absolute Gasteiger partial charge is 0.352 e. The lowest BCUT2D eigenvalue weighted by Gasteiger charge is -2.12. The Labute approximate surface area is 138 Å². The first-order valence-corrected chi connectivity index (χ1v) is 8.29. The van der Waals surface area contributed by atoms with Gasteiger partial charge in [0.15, 0.2) is 0 Å². The molecule has 0 spiro atoms. The summed E-state index contributed by atoms with van der Waals surface area (Å²) in [5.74, 6) is 0.773. The topological polar surface area (TPSA) is 41.1 Å². The molecule has 1 aliphatic rings. The van der Waals surface area contributed by atoms with Gasteiger partial charge < -0.3 is 10.6 Å². The van der Waals surface area contributed by atoms with Crippen LogP contribution in [0.1, 0.15) is 37.0 Å². The van der Waals surface area contributed by atoms with E-state index < -0.39 is 0 Å². The normalized spacial score (nSPS) is 17.6. The number of nitrogens with one attached hydrogen (secondary N) is 2. The van der Waals surface area contributed by atoms with Gasteiger partial charge in [-0.2, -0.15) is 0 Å². The Hall–Kier alpha value is -0.710. The van der Waals surface area contributed by atoms with Crippen LogP contribution in [-0.4, -0.2) is 30.8 Å². The maximum atomic E-state index is 12.3. The van der Waals surface area contributed by atoms with E-state index in [1.54, 1.807) is 11.8 Å². The summed E-state index contributed by atoms with van der Waals surface area (Å²) in [6.07, 6.45) is 2.30.